The normalized spacial score (nSPS) is 23.8. The molecule has 3 fully saturated rings. The summed E-state index contributed by atoms with van der Waals surface area (Å²) in [5.41, 5.74) is 6.97. The number of aliphatic hydroxyl groups is 1. The Morgan fingerprint density at radius 3 is 1.39 bits per heavy atom. The quantitative estimate of drug-likeness (QED) is 0.0507. The van der Waals surface area contributed by atoms with Crippen LogP contribution in [0, 0.1) is 31.3 Å². The van der Waals surface area contributed by atoms with Gasteiger partial charge in [0.2, 0.25) is 17.7 Å². The average molecular weight is 1500 g/mol. The molecule has 3 unspecified atom stereocenters. The Morgan fingerprint density at radius 2 is 1.01 bits per heavy atom. The predicted octanol–water partition coefficient (Wildman–Crippen LogP) is 10.5. The van der Waals surface area contributed by atoms with E-state index in [-0.39, 0.29) is 57.5 Å². The van der Waals surface area contributed by atoms with Crippen LogP contribution in [0.4, 0.5) is 30.2 Å². The number of hydrogen-bond donors (Lipinski definition) is 7. The number of benzene rings is 3. The molecule has 3 saturated heterocycles. The summed E-state index contributed by atoms with van der Waals surface area (Å²) >= 11 is 22.1. The van der Waals surface area contributed by atoms with Gasteiger partial charge in [-0.15, -0.1) is 34.0 Å². The number of carbonyl (C=O) groups is 3. The van der Waals surface area contributed by atoms with Crippen molar-refractivity contribution in [2.75, 3.05) is 43.7 Å². The number of nitrogens with zero attached hydrogens (tertiary/aromatic N) is 9. The van der Waals surface area contributed by atoms with Gasteiger partial charge in [-0.05, 0) is 147 Å². The summed E-state index contributed by atoms with van der Waals surface area (Å²) in [7, 11) is -0.169. The van der Waals surface area contributed by atoms with Gasteiger partial charge in [0.15, 0.2) is 0 Å². The summed E-state index contributed by atoms with van der Waals surface area (Å²) in [6.45, 7) is 4.36. The topological polar surface area (TPSA) is 258 Å². The van der Waals surface area contributed by atoms with Gasteiger partial charge in [-0.25, -0.2) is 52.9 Å². The average Bonchev–Trinajstić information content (AvgIpc) is 1.75. The molecule has 0 aliphatic carbocycles. The van der Waals surface area contributed by atoms with Crippen LogP contribution in [0.1, 0.15) is 63.4 Å². The van der Waals surface area contributed by atoms with Crippen LogP contribution < -0.4 is 30.1 Å². The Balaban J connectivity index is 0.000000158. The molecule has 6 aromatic heterocycles. The van der Waals surface area contributed by atoms with Gasteiger partial charge in [0.05, 0.1) is 94.1 Å². The molecule has 3 aliphatic rings. The highest BCUT2D eigenvalue weighted by Crippen LogP contribution is 2.41. The fraction of sp³-hybridized carbons (Fsp3) is 0.286. The van der Waals surface area contributed by atoms with Crippen molar-refractivity contribution < 1.29 is 45.3 Å². The molecule has 3 amide bonds. The number of aliphatic hydroxyl groups excluding tert-OH is 1. The second kappa shape index (κ2) is 30.0. The maximum atomic E-state index is 13.4. The van der Waals surface area contributed by atoms with Crippen LogP contribution in [-0.2, 0) is 64.7 Å². The maximum absolute atomic E-state index is 13.4. The second-order valence-electron chi connectivity index (χ2n) is 23.1. The Morgan fingerprint density at radius 1 is 0.588 bits per heavy atom. The van der Waals surface area contributed by atoms with Gasteiger partial charge in [-0.1, -0.05) is 34.8 Å². The van der Waals surface area contributed by atoms with Gasteiger partial charge < -0.3 is 21.1 Å². The zero-order valence-electron chi connectivity index (χ0n) is 53.2. The number of thiophene rings is 3. The van der Waals surface area contributed by atoms with E-state index in [0.29, 0.717) is 42.9 Å². The molecule has 9 heterocycles. The molecule has 9 aromatic rings. The Labute approximate surface area is 587 Å². The van der Waals surface area contributed by atoms with Gasteiger partial charge in [-0.3, -0.25) is 28.4 Å². The van der Waals surface area contributed by atoms with Crippen LogP contribution in [0.15, 0.2) is 115 Å². The van der Waals surface area contributed by atoms with Crippen LogP contribution in [0.5, 0.6) is 0 Å². The fourth-order valence-corrected chi connectivity index (χ4v) is 19.2. The molecule has 0 spiro atoms. The lowest BCUT2D eigenvalue weighted by molar-refractivity contribution is -0.120. The SMILES string of the molecule is C=S1(=O)N[C@@H](c2cc(-c3cnn(CCO)c3)cs2)C[C@@H](C(=O)Nc2ccc(F)c(Cl)c2)N1C.C=S1(=O)N[C@@H](c2ccc(-c3cn(C)nc3C)s2)C[C@@H](C(=O)Nc2ccc(F)c(Cl)c2)N1C.C=S1(=O)N[C@@H](c2ccc(-c3cnn(C)c3C)s2)C[C@@H](C(=O)Nc2ccc(F)c(Cl)c2)N1C. The molecule has 0 radical (unpaired) electrons. The highest BCUT2D eigenvalue weighted by molar-refractivity contribution is 7.97. The van der Waals surface area contributed by atoms with E-state index in [1.807, 2.05) is 86.9 Å². The summed E-state index contributed by atoms with van der Waals surface area (Å²) < 4.78 is 98.6. The van der Waals surface area contributed by atoms with E-state index < -0.39 is 65.3 Å². The standard InChI is InChI=1S/C21H23ClFN5O3S2.2C21H23ClFN5O2S2/c1-27-19(21(30)25-15-3-4-17(23)16(22)8-15)9-18(26-33(27,2)31)20-7-13(12-32-20)14-10-24-28(11-14)5-6-29;1-12-14(11-27(2)25-12)19-7-8-20(31-19)17-10-18(28(3)32(4,30)26-17)21(29)24-13-5-6-16(23)15(22)9-13;1-12-14(11-24-27(12)2)19-7-8-20(31-19)17-10-18(28(3)32(4,30)26-17)21(29)25-13-5-6-16(23)15(22)9-13/h3-4,7-8,10-12,18-19,29H,2,5-6,9H2,1H3,(H,25,30)(H,26,31);5-9,11,17-18H,4,10H2,1-3H3,(H,24,29)(H,26,30);5-9,11,17-18H,4,10H2,1-3H3,(H,25,29)(H,26,30)/t18-,19+,33?;2*17-,18+,32?/m111/s1. The lowest BCUT2D eigenvalue weighted by Gasteiger charge is -2.39. The number of aromatic nitrogens is 6. The van der Waals surface area contributed by atoms with Crippen molar-refractivity contribution in [3.8, 4) is 32.0 Å². The number of likely N-dealkylation sites (N-methyl/N-ethyl adjacent to an activating group) is 3. The monoisotopic (exact) mass is 1500 g/mol. The molecular weight excluding hydrogens is 1430 g/mol. The Bertz CT molecular complexity index is 4640. The lowest BCUT2D eigenvalue weighted by Crippen LogP contribution is -2.55. The van der Waals surface area contributed by atoms with Crippen LogP contribution >= 0.6 is 68.8 Å². The molecule has 12 rings (SSSR count). The predicted molar refractivity (Wildman–Crippen MR) is 387 cm³/mol. The highest BCUT2D eigenvalue weighted by atomic mass is 35.5. The molecule has 7 N–H and O–H groups in total. The molecule has 0 saturated carbocycles. The van der Waals surface area contributed by atoms with Crippen LogP contribution in [0.3, 0.4) is 0 Å². The summed E-state index contributed by atoms with van der Waals surface area (Å²) in [5.74, 6) is 8.61. The van der Waals surface area contributed by atoms with E-state index >= 15 is 0 Å². The summed E-state index contributed by atoms with van der Waals surface area (Å²) in [5, 5.41) is 31.9. The van der Waals surface area contributed by atoms with Crippen molar-refractivity contribution >= 4 is 151 Å². The van der Waals surface area contributed by atoms with Crippen molar-refractivity contribution in [3.05, 3.63) is 174 Å². The zero-order valence-corrected chi connectivity index (χ0v) is 60.4. The van der Waals surface area contributed by atoms with E-state index in [1.54, 1.807) is 59.4 Å². The molecular formula is C63H69Cl3F3N15O7S6. The summed E-state index contributed by atoms with van der Waals surface area (Å²) in [4.78, 5) is 44.0. The number of nitrogens with one attached hydrogen (secondary N) is 6. The number of halogens is 6. The summed E-state index contributed by atoms with van der Waals surface area (Å²) in [6.07, 6.45) is 8.47. The Hall–Kier alpha value is -6.76. The molecule has 3 aliphatic heterocycles. The zero-order chi connectivity index (χ0) is 70.2. The molecule has 516 valence electrons. The van der Waals surface area contributed by atoms with Crippen LogP contribution in [0.25, 0.3) is 32.0 Å². The third-order valence-corrected chi connectivity index (χ3v) is 26.4. The number of anilines is 3. The van der Waals surface area contributed by atoms with Crippen molar-refractivity contribution in [2.24, 2.45) is 14.1 Å². The number of rotatable bonds is 14. The summed E-state index contributed by atoms with van der Waals surface area (Å²) in [6, 6.07) is 18.6. The van der Waals surface area contributed by atoms with Crippen molar-refractivity contribution in [2.45, 2.75) is 75.9 Å². The molecule has 3 aromatic carbocycles. The van der Waals surface area contributed by atoms with Gasteiger partial charge in [0, 0.05) is 111 Å². The third-order valence-electron chi connectivity index (χ3n) is 16.5. The van der Waals surface area contributed by atoms with Crippen LogP contribution in [0.2, 0.25) is 15.1 Å². The number of hydrogen-bond acceptors (Lipinski definition) is 13. The molecule has 9 atom stereocenters. The minimum Gasteiger partial charge on any atom is -0.394 e. The van der Waals surface area contributed by atoms with Gasteiger partial charge in [0.25, 0.3) is 0 Å². The third kappa shape index (κ3) is 16.8. The highest BCUT2D eigenvalue weighted by Gasteiger charge is 2.41. The number of carbonyl (C=O) groups excluding carboxylic acids is 3. The Kier molecular flexibility index (Phi) is 22.6. The van der Waals surface area contributed by atoms with E-state index in [1.165, 1.54) is 78.8 Å². The minimum atomic E-state index is -2.92. The minimum absolute atomic E-state index is 0.000950. The van der Waals surface area contributed by atoms with Gasteiger partial charge >= 0.3 is 0 Å². The van der Waals surface area contributed by atoms with E-state index in [4.69, 9.17) is 39.9 Å². The van der Waals surface area contributed by atoms with Gasteiger partial charge in [0.1, 0.15) is 35.6 Å². The van der Waals surface area contributed by atoms with E-state index in [2.05, 4.69) is 63.0 Å². The van der Waals surface area contributed by atoms with E-state index in [0.717, 1.165) is 58.0 Å². The number of amides is 3. The maximum Gasteiger partial charge on any atom is 0.242 e. The first-order chi connectivity index (χ1) is 45.8. The van der Waals surface area contributed by atoms with Gasteiger partial charge in [-0.2, -0.15) is 15.3 Å². The largest absolute Gasteiger partial charge is 0.394 e. The number of aryl methyl sites for hydroxylation is 3. The lowest BCUT2D eigenvalue weighted by atomic mass is 10.0. The molecule has 0 bridgehead atoms. The first kappa shape index (κ1) is 73.0. The second-order valence-corrected chi connectivity index (χ2v) is 33.8. The van der Waals surface area contributed by atoms with Crippen LogP contribution in [-0.4, -0.2) is 141 Å². The first-order valence-corrected chi connectivity index (χ1v) is 38.3. The molecule has 34 heteroatoms. The fourth-order valence-electron chi connectivity index (χ4n) is 10.9. The molecule has 97 heavy (non-hydrogen) atoms. The van der Waals surface area contributed by atoms with E-state index in [9.17, 15) is 40.2 Å². The first-order valence-electron chi connectivity index (χ1n) is 29.6. The molecule has 22 nitrogen and oxygen atoms in total. The van der Waals surface area contributed by atoms with Crippen molar-refractivity contribution in [1.82, 2.24) is 56.4 Å². The van der Waals surface area contributed by atoms with Crippen molar-refractivity contribution in [1.29, 1.82) is 0 Å². The smallest absolute Gasteiger partial charge is 0.242 e. The van der Waals surface area contributed by atoms with Crippen molar-refractivity contribution in [3.63, 3.8) is 0 Å².